The van der Waals surface area contributed by atoms with E-state index in [4.69, 9.17) is 11.5 Å². The summed E-state index contributed by atoms with van der Waals surface area (Å²) in [6, 6.07) is 9.13. The summed E-state index contributed by atoms with van der Waals surface area (Å²) in [7, 11) is 0. The summed E-state index contributed by atoms with van der Waals surface area (Å²) in [5.74, 6) is 0.105. The van der Waals surface area contributed by atoms with Gasteiger partial charge in [-0.2, -0.15) is 4.98 Å². The number of hydrogen-bond acceptors (Lipinski definition) is 5. The predicted octanol–water partition coefficient (Wildman–Crippen LogP) is 0.250. The van der Waals surface area contributed by atoms with Crippen molar-refractivity contribution in [3.63, 3.8) is 0 Å². The first kappa shape index (κ1) is 12.4. The second kappa shape index (κ2) is 4.78. The summed E-state index contributed by atoms with van der Waals surface area (Å²) in [5.41, 5.74) is 13.0. The van der Waals surface area contributed by atoms with Crippen LogP contribution in [0.15, 0.2) is 41.5 Å². The van der Waals surface area contributed by atoms with Gasteiger partial charge in [-0.25, -0.2) is 4.98 Å². The number of imidazole rings is 1. The van der Waals surface area contributed by atoms with Gasteiger partial charge in [-0.3, -0.25) is 9.36 Å². The summed E-state index contributed by atoms with van der Waals surface area (Å²) in [5, 5.41) is 0. The second-order valence-electron chi connectivity index (χ2n) is 4.41. The maximum absolute atomic E-state index is 12.5. The van der Waals surface area contributed by atoms with Crippen molar-refractivity contribution in [2.45, 2.75) is 6.04 Å². The standard InChI is InChI=1S/C13H14N6O/c14-6-9(8-4-2-1-3-5-8)19-12(20)10-11(17-7-16-10)18-13(19)15/h1-5,7,9H,6,14H2,(H2,15,18)(H,16,17). The van der Waals surface area contributed by atoms with Crippen LogP contribution in [0.1, 0.15) is 11.6 Å². The van der Waals surface area contributed by atoms with Crippen LogP contribution in [0, 0.1) is 0 Å². The molecule has 7 nitrogen and oxygen atoms in total. The number of benzene rings is 1. The number of nitrogens with one attached hydrogen (secondary N) is 1. The zero-order valence-corrected chi connectivity index (χ0v) is 10.7. The summed E-state index contributed by atoms with van der Waals surface area (Å²) < 4.78 is 1.40. The quantitative estimate of drug-likeness (QED) is 0.631. The molecular formula is C13H14N6O. The largest absolute Gasteiger partial charge is 0.369 e. The molecule has 7 heteroatoms. The lowest BCUT2D eigenvalue weighted by atomic mass is 10.1. The van der Waals surface area contributed by atoms with Crippen molar-refractivity contribution < 1.29 is 0 Å². The summed E-state index contributed by atoms with van der Waals surface area (Å²) in [4.78, 5) is 23.4. The Morgan fingerprint density at radius 1 is 1.30 bits per heavy atom. The number of fused-ring (bicyclic) bond motifs is 1. The molecule has 0 aliphatic carbocycles. The SMILES string of the molecule is NCC(c1ccccc1)n1c(N)nc2nc[nH]c2c1=O. The zero-order valence-electron chi connectivity index (χ0n) is 10.7. The van der Waals surface area contributed by atoms with E-state index in [1.54, 1.807) is 0 Å². The lowest BCUT2D eigenvalue weighted by Gasteiger charge is -2.19. The molecule has 0 fully saturated rings. The first-order chi connectivity index (χ1) is 9.72. The van der Waals surface area contributed by atoms with Crippen LogP contribution in [0.5, 0.6) is 0 Å². The Hall–Kier alpha value is -2.67. The number of aromatic amines is 1. The van der Waals surface area contributed by atoms with Gasteiger partial charge in [0.15, 0.2) is 11.2 Å². The van der Waals surface area contributed by atoms with Gasteiger partial charge >= 0.3 is 0 Å². The number of aromatic nitrogens is 4. The maximum atomic E-state index is 12.5. The summed E-state index contributed by atoms with van der Waals surface area (Å²) >= 11 is 0. The minimum absolute atomic E-state index is 0.105. The molecule has 0 saturated heterocycles. The van der Waals surface area contributed by atoms with E-state index >= 15 is 0 Å². The van der Waals surface area contributed by atoms with E-state index in [1.165, 1.54) is 10.9 Å². The van der Waals surface area contributed by atoms with Gasteiger partial charge in [-0.05, 0) is 5.56 Å². The monoisotopic (exact) mass is 270 g/mol. The molecule has 2 aromatic heterocycles. The van der Waals surface area contributed by atoms with E-state index in [1.807, 2.05) is 30.3 Å². The lowest BCUT2D eigenvalue weighted by molar-refractivity contribution is 0.579. The van der Waals surface area contributed by atoms with Crippen LogP contribution in [0.3, 0.4) is 0 Å². The van der Waals surface area contributed by atoms with E-state index in [0.717, 1.165) is 5.56 Å². The molecule has 20 heavy (non-hydrogen) atoms. The Morgan fingerprint density at radius 3 is 2.75 bits per heavy atom. The molecule has 0 spiro atoms. The number of anilines is 1. The highest BCUT2D eigenvalue weighted by Gasteiger charge is 2.19. The van der Waals surface area contributed by atoms with Crippen LogP contribution in [0.25, 0.3) is 11.2 Å². The van der Waals surface area contributed by atoms with Gasteiger partial charge in [0.25, 0.3) is 5.56 Å². The van der Waals surface area contributed by atoms with Gasteiger partial charge in [0.2, 0.25) is 5.95 Å². The van der Waals surface area contributed by atoms with Gasteiger partial charge in [0, 0.05) is 6.54 Å². The molecule has 0 aliphatic heterocycles. The fourth-order valence-corrected chi connectivity index (χ4v) is 2.28. The number of hydrogen-bond donors (Lipinski definition) is 3. The van der Waals surface area contributed by atoms with Gasteiger partial charge in [-0.15, -0.1) is 0 Å². The minimum atomic E-state index is -0.358. The smallest absolute Gasteiger partial charge is 0.281 e. The summed E-state index contributed by atoms with van der Waals surface area (Å²) in [6.45, 7) is 0.245. The normalized spacial score (nSPS) is 12.7. The highest BCUT2D eigenvalue weighted by molar-refractivity contribution is 5.69. The van der Waals surface area contributed by atoms with Crippen LogP contribution in [-0.4, -0.2) is 26.1 Å². The van der Waals surface area contributed by atoms with Crippen LogP contribution in [0.4, 0.5) is 5.95 Å². The highest BCUT2D eigenvalue weighted by atomic mass is 16.1. The second-order valence-corrected chi connectivity index (χ2v) is 4.41. The van der Waals surface area contributed by atoms with E-state index in [-0.39, 0.29) is 24.1 Å². The zero-order chi connectivity index (χ0) is 14.1. The minimum Gasteiger partial charge on any atom is -0.369 e. The van der Waals surface area contributed by atoms with E-state index in [9.17, 15) is 4.79 Å². The van der Waals surface area contributed by atoms with Gasteiger partial charge < -0.3 is 16.5 Å². The molecule has 2 heterocycles. The number of nitrogens with zero attached hydrogens (tertiary/aromatic N) is 3. The third-order valence-electron chi connectivity index (χ3n) is 3.24. The number of H-pyrrole nitrogens is 1. The average molecular weight is 270 g/mol. The first-order valence-electron chi connectivity index (χ1n) is 6.18. The van der Waals surface area contributed by atoms with Crippen molar-refractivity contribution in [3.8, 4) is 0 Å². The molecule has 0 saturated carbocycles. The average Bonchev–Trinajstić information content (AvgIpc) is 2.92. The van der Waals surface area contributed by atoms with Crippen molar-refractivity contribution in [3.05, 3.63) is 52.6 Å². The predicted molar refractivity (Wildman–Crippen MR) is 76.2 cm³/mol. The molecule has 0 bridgehead atoms. The molecule has 0 amide bonds. The van der Waals surface area contributed by atoms with Crippen LogP contribution < -0.4 is 17.0 Å². The molecule has 3 rings (SSSR count). The maximum Gasteiger partial charge on any atom is 0.281 e. The fraction of sp³-hybridized carbons (Fsp3) is 0.154. The highest BCUT2D eigenvalue weighted by Crippen LogP contribution is 2.18. The Bertz CT molecular complexity index is 791. The van der Waals surface area contributed by atoms with E-state index < -0.39 is 0 Å². The molecule has 0 aliphatic rings. The third kappa shape index (κ3) is 1.84. The molecule has 1 aromatic carbocycles. The van der Waals surface area contributed by atoms with Gasteiger partial charge in [0.05, 0.1) is 12.4 Å². The van der Waals surface area contributed by atoms with E-state index in [2.05, 4.69) is 15.0 Å². The Kier molecular flexibility index (Phi) is 2.96. The fourth-order valence-electron chi connectivity index (χ4n) is 2.28. The van der Waals surface area contributed by atoms with Crippen molar-refractivity contribution in [1.82, 2.24) is 19.5 Å². The van der Waals surface area contributed by atoms with Crippen molar-refractivity contribution in [1.29, 1.82) is 0 Å². The Balaban J connectivity index is 2.24. The molecule has 102 valence electrons. The number of nitrogens with two attached hydrogens (primary N) is 2. The lowest BCUT2D eigenvalue weighted by Crippen LogP contribution is -2.33. The molecule has 1 unspecified atom stereocenters. The third-order valence-corrected chi connectivity index (χ3v) is 3.24. The van der Waals surface area contributed by atoms with E-state index in [0.29, 0.717) is 11.2 Å². The number of rotatable bonds is 3. The Morgan fingerprint density at radius 2 is 2.05 bits per heavy atom. The van der Waals surface area contributed by atoms with Crippen molar-refractivity contribution >= 4 is 17.1 Å². The first-order valence-corrected chi connectivity index (χ1v) is 6.18. The van der Waals surface area contributed by atoms with Crippen LogP contribution in [0.2, 0.25) is 0 Å². The van der Waals surface area contributed by atoms with Crippen LogP contribution >= 0.6 is 0 Å². The molecule has 1 atom stereocenters. The molecule has 0 radical (unpaired) electrons. The Labute approximate surface area is 114 Å². The van der Waals surface area contributed by atoms with Crippen molar-refractivity contribution in [2.75, 3.05) is 12.3 Å². The molecule has 3 aromatic rings. The molecular weight excluding hydrogens is 256 g/mol. The summed E-state index contributed by atoms with van der Waals surface area (Å²) in [6.07, 6.45) is 1.42. The number of nitrogen functional groups attached to an aromatic ring is 1. The van der Waals surface area contributed by atoms with Gasteiger partial charge in [0.1, 0.15) is 0 Å². The topological polar surface area (TPSA) is 116 Å². The van der Waals surface area contributed by atoms with Crippen LogP contribution in [-0.2, 0) is 0 Å². The molecule has 5 N–H and O–H groups in total. The van der Waals surface area contributed by atoms with Gasteiger partial charge in [-0.1, -0.05) is 30.3 Å². The van der Waals surface area contributed by atoms with Crippen molar-refractivity contribution in [2.24, 2.45) is 5.73 Å².